The minimum absolute atomic E-state index is 0.163. The molecule has 0 aliphatic carbocycles. The minimum Gasteiger partial charge on any atom is -0.505 e. The number of ether oxygens (including phenoxy) is 1. The van der Waals surface area contributed by atoms with Crippen LogP contribution in [0.5, 0.6) is 5.75 Å². The summed E-state index contributed by atoms with van der Waals surface area (Å²) in [7, 11) is 0. The summed E-state index contributed by atoms with van der Waals surface area (Å²) in [6.45, 7) is 6.34. The maximum Gasteiger partial charge on any atom is 0.405 e. The van der Waals surface area contributed by atoms with E-state index in [9.17, 15) is 34.4 Å². The van der Waals surface area contributed by atoms with Crippen LogP contribution in [-0.2, 0) is 16.0 Å². The molecular weight excluding hydrogens is 495 g/mol. The van der Waals surface area contributed by atoms with E-state index in [2.05, 4.69) is 5.32 Å². The number of fused-ring (bicyclic) bond motifs is 2. The highest BCUT2D eigenvalue weighted by Crippen LogP contribution is 2.32. The van der Waals surface area contributed by atoms with E-state index in [0.29, 0.717) is 36.0 Å². The smallest absolute Gasteiger partial charge is 0.405 e. The van der Waals surface area contributed by atoms with Crippen LogP contribution < -0.4 is 11.1 Å². The number of aromatic hydroxyl groups is 1. The Labute approximate surface area is 223 Å². The van der Waals surface area contributed by atoms with Gasteiger partial charge >= 0.3 is 6.09 Å². The largest absolute Gasteiger partial charge is 0.505 e. The molecule has 1 aromatic carbocycles. The van der Waals surface area contributed by atoms with E-state index in [1.165, 1.54) is 6.07 Å². The number of nitrogens with two attached hydrogens (primary N) is 1. The molecule has 0 spiro atoms. The summed E-state index contributed by atoms with van der Waals surface area (Å²) in [5.41, 5.74) is 6.75. The number of primary amides is 1. The van der Waals surface area contributed by atoms with Crippen molar-refractivity contribution in [3.05, 3.63) is 46.8 Å². The number of phenols is 1. The molecule has 0 unspecified atom stereocenters. The molecule has 7 N–H and O–H groups in total. The number of aliphatic hydroxyl groups is 3. The van der Waals surface area contributed by atoms with Crippen LogP contribution in [0.25, 0.3) is 0 Å². The fourth-order valence-corrected chi connectivity index (χ4v) is 5.08. The molecule has 0 saturated heterocycles. The van der Waals surface area contributed by atoms with Crippen LogP contribution in [0.2, 0.25) is 0 Å². The number of hydrogen-bond acceptors (Lipinski definition) is 7. The molecule has 1 aliphatic rings. The predicted octanol–water partition coefficient (Wildman–Crippen LogP) is 3.40. The van der Waals surface area contributed by atoms with Crippen molar-refractivity contribution in [2.45, 2.75) is 65.6 Å². The third kappa shape index (κ3) is 8.54. The van der Waals surface area contributed by atoms with E-state index < -0.39 is 53.5 Å². The monoisotopic (exact) mass is 536 g/mol. The average Bonchev–Trinajstić information content (AvgIpc) is 2.85. The maximum absolute atomic E-state index is 14.5. The fraction of sp³-hybridized carbons (Fsp3) is 0.571. The average molecular weight is 537 g/mol. The molecule has 0 aromatic heterocycles. The highest BCUT2D eigenvalue weighted by molar-refractivity contribution is 6.03. The molecule has 2 bridgehead atoms. The Kier molecular flexibility index (Phi) is 11.7. The quantitative estimate of drug-likeness (QED) is 0.255. The van der Waals surface area contributed by atoms with Crippen LogP contribution in [0, 0.1) is 29.5 Å². The SMILES string of the molecule is CC1=CCC[C@H](CO)[C@@H](OC(N)=O)C(C)=C[C@H](C)[C@@H](O)[C@@H](CO)C[C@H](C)Cc2cc(cc(F)c2O)NC1=O. The molecule has 1 aromatic rings. The zero-order valence-corrected chi connectivity index (χ0v) is 22.5. The van der Waals surface area contributed by atoms with E-state index in [1.54, 1.807) is 32.9 Å². The number of allylic oxidation sites excluding steroid dienone is 1. The Balaban J connectivity index is 2.51. The first kappa shape index (κ1) is 31.3. The molecular formula is C28H41FN2O7. The highest BCUT2D eigenvalue weighted by Gasteiger charge is 2.29. The van der Waals surface area contributed by atoms with Crippen LogP contribution in [-0.4, -0.2) is 57.8 Å². The van der Waals surface area contributed by atoms with Gasteiger partial charge in [0.25, 0.3) is 5.91 Å². The third-order valence-electron chi connectivity index (χ3n) is 7.16. The summed E-state index contributed by atoms with van der Waals surface area (Å²) in [6, 6.07) is 2.56. The number of amides is 2. The van der Waals surface area contributed by atoms with Gasteiger partial charge in [0.1, 0.15) is 6.10 Å². The van der Waals surface area contributed by atoms with Crippen molar-refractivity contribution in [2.24, 2.45) is 29.4 Å². The van der Waals surface area contributed by atoms with E-state index in [0.717, 1.165) is 6.07 Å². The normalized spacial score (nSPS) is 28.2. The van der Waals surface area contributed by atoms with Crippen molar-refractivity contribution >= 4 is 17.7 Å². The van der Waals surface area contributed by atoms with E-state index in [1.807, 2.05) is 6.92 Å². The number of halogens is 1. The molecule has 0 fully saturated rings. The lowest BCUT2D eigenvalue weighted by Gasteiger charge is -2.30. The number of benzene rings is 1. The molecule has 38 heavy (non-hydrogen) atoms. The van der Waals surface area contributed by atoms with Gasteiger partial charge in [0.15, 0.2) is 11.6 Å². The van der Waals surface area contributed by atoms with Gasteiger partial charge in [-0.1, -0.05) is 26.0 Å². The maximum atomic E-state index is 14.5. The Morgan fingerprint density at radius 2 is 1.84 bits per heavy atom. The van der Waals surface area contributed by atoms with Crippen LogP contribution in [0.1, 0.15) is 52.5 Å². The number of phenolic OH excluding ortho intramolecular Hbond substituents is 1. The standard InChI is InChI=1S/C28H41FN2O7/c1-15-8-20-11-22(12-23(29)25(20)35)31-27(36)16(2)6-5-7-19(13-32)26(38-28(30)37)18(4)10-17(3)24(34)21(9-15)14-33/h6,10-12,15,17,19,21,24,26,32-35H,5,7-9,13-14H2,1-4H3,(H2,30,37)(H,31,36)/t15-,17+,19-,21-,24-,26+/m1/s1. The van der Waals surface area contributed by atoms with Crippen LogP contribution in [0.4, 0.5) is 14.9 Å². The van der Waals surface area contributed by atoms with Gasteiger partial charge in [-0.2, -0.15) is 0 Å². The number of aliphatic hydroxyl groups excluding tert-OH is 3. The number of carbonyl (C=O) groups is 2. The molecule has 9 nitrogen and oxygen atoms in total. The van der Waals surface area contributed by atoms with Crippen molar-refractivity contribution in [3.63, 3.8) is 0 Å². The Hall–Kier alpha value is -2.95. The van der Waals surface area contributed by atoms with E-state index >= 15 is 0 Å². The molecule has 0 saturated carbocycles. The first-order valence-electron chi connectivity index (χ1n) is 12.9. The van der Waals surface area contributed by atoms with Gasteiger partial charge in [-0.05, 0) is 62.7 Å². The van der Waals surface area contributed by atoms with Gasteiger partial charge in [0.2, 0.25) is 0 Å². The van der Waals surface area contributed by atoms with Crippen LogP contribution >= 0.6 is 0 Å². The molecule has 212 valence electrons. The summed E-state index contributed by atoms with van der Waals surface area (Å²) in [6.07, 6.45) is 1.95. The third-order valence-corrected chi connectivity index (χ3v) is 7.16. The summed E-state index contributed by atoms with van der Waals surface area (Å²) >= 11 is 0. The molecule has 2 amide bonds. The van der Waals surface area contributed by atoms with Gasteiger partial charge in [-0.3, -0.25) is 4.79 Å². The zero-order valence-electron chi connectivity index (χ0n) is 22.5. The van der Waals surface area contributed by atoms with Gasteiger partial charge < -0.3 is 36.2 Å². The second-order valence-electron chi connectivity index (χ2n) is 10.4. The number of anilines is 1. The van der Waals surface area contributed by atoms with Crippen molar-refractivity contribution in [1.29, 1.82) is 0 Å². The van der Waals surface area contributed by atoms with Gasteiger partial charge in [-0.15, -0.1) is 0 Å². The van der Waals surface area contributed by atoms with Crippen molar-refractivity contribution < 1.29 is 39.1 Å². The highest BCUT2D eigenvalue weighted by atomic mass is 19.1. The predicted molar refractivity (Wildman–Crippen MR) is 142 cm³/mol. The number of carbonyl (C=O) groups excluding carboxylic acids is 2. The first-order valence-corrected chi connectivity index (χ1v) is 12.9. The van der Waals surface area contributed by atoms with Crippen LogP contribution in [0.15, 0.2) is 35.4 Å². The molecule has 1 heterocycles. The second kappa shape index (κ2) is 14.3. The Bertz CT molecular complexity index is 1040. The molecule has 6 atom stereocenters. The summed E-state index contributed by atoms with van der Waals surface area (Å²) in [5.74, 6) is -3.49. The van der Waals surface area contributed by atoms with E-state index in [-0.39, 0.29) is 31.2 Å². The topological polar surface area (TPSA) is 162 Å². The Morgan fingerprint density at radius 3 is 2.45 bits per heavy atom. The second-order valence-corrected chi connectivity index (χ2v) is 10.4. The molecule has 0 radical (unpaired) electrons. The molecule has 10 heteroatoms. The van der Waals surface area contributed by atoms with E-state index in [4.69, 9.17) is 10.5 Å². The van der Waals surface area contributed by atoms with Crippen molar-refractivity contribution in [2.75, 3.05) is 18.5 Å². The van der Waals surface area contributed by atoms with Gasteiger partial charge in [0, 0.05) is 48.3 Å². The summed E-state index contributed by atoms with van der Waals surface area (Å²) < 4.78 is 19.8. The Morgan fingerprint density at radius 1 is 1.18 bits per heavy atom. The van der Waals surface area contributed by atoms with Crippen molar-refractivity contribution in [3.8, 4) is 5.75 Å². The van der Waals surface area contributed by atoms with Crippen molar-refractivity contribution in [1.82, 2.24) is 0 Å². The lowest BCUT2D eigenvalue weighted by molar-refractivity contribution is -0.112. The summed E-state index contributed by atoms with van der Waals surface area (Å²) in [4.78, 5) is 24.4. The fourth-order valence-electron chi connectivity index (χ4n) is 5.08. The lowest BCUT2D eigenvalue weighted by atomic mass is 9.82. The van der Waals surface area contributed by atoms with Gasteiger partial charge in [0.05, 0.1) is 6.10 Å². The zero-order chi connectivity index (χ0) is 28.6. The first-order chi connectivity index (χ1) is 17.9. The lowest BCUT2D eigenvalue weighted by Crippen LogP contribution is -2.34. The van der Waals surface area contributed by atoms with Gasteiger partial charge in [-0.25, -0.2) is 9.18 Å². The number of rotatable bonds is 3. The van der Waals surface area contributed by atoms with Crippen LogP contribution in [0.3, 0.4) is 0 Å². The minimum atomic E-state index is -1.00. The summed E-state index contributed by atoms with van der Waals surface area (Å²) in [5, 5.41) is 44.1. The molecule has 1 aliphatic heterocycles. The number of nitrogens with one attached hydrogen (secondary N) is 1. The molecule has 2 rings (SSSR count). The number of hydrogen-bond donors (Lipinski definition) is 6.